The van der Waals surface area contributed by atoms with E-state index in [9.17, 15) is 14.0 Å². The highest BCUT2D eigenvalue weighted by Crippen LogP contribution is 2.17. The van der Waals surface area contributed by atoms with Crippen LogP contribution in [-0.2, 0) is 9.59 Å². The zero-order valence-corrected chi connectivity index (χ0v) is 13.2. The van der Waals surface area contributed by atoms with Crippen LogP contribution >= 0.6 is 0 Å². The molecule has 1 aliphatic heterocycles. The molecule has 1 fully saturated rings. The Balaban J connectivity index is 1.90. The van der Waals surface area contributed by atoms with Gasteiger partial charge in [0.25, 0.3) is 0 Å². The first-order valence-corrected chi connectivity index (χ1v) is 7.38. The molecule has 1 saturated heterocycles. The molecule has 1 heterocycles. The number of hydrogen-bond donors (Lipinski definition) is 1. The molecule has 2 amide bonds. The first-order chi connectivity index (χ1) is 10.3. The van der Waals surface area contributed by atoms with E-state index in [1.807, 2.05) is 20.8 Å². The molecular weight excluding hydrogens is 285 g/mol. The zero-order chi connectivity index (χ0) is 16.3. The van der Waals surface area contributed by atoms with Crippen molar-refractivity contribution in [2.75, 3.05) is 31.1 Å². The fraction of sp³-hybridized carbons (Fsp3) is 0.500. The fourth-order valence-corrected chi connectivity index (χ4v) is 2.36. The molecule has 0 bridgehead atoms. The Morgan fingerprint density at radius 2 is 1.59 bits per heavy atom. The van der Waals surface area contributed by atoms with Gasteiger partial charge in [0.05, 0.1) is 0 Å². The molecule has 0 spiro atoms. The van der Waals surface area contributed by atoms with Gasteiger partial charge in [-0.3, -0.25) is 9.59 Å². The molecule has 0 saturated carbocycles. The number of benzene rings is 1. The van der Waals surface area contributed by atoms with Gasteiger partial charge in [-0.25, -0.2) is 4.39 Å². The normalized spacial score (nSPS) is 15.6. The SMILES string of the molecule is CC(C)(C)NC(=O)C(=O)N1CCN(c2ccc(F)cc2)CC1. The van der Waals surface area contributed by atoms with Crippen molar-refractivity contribution >= 4 is 17.5 Å². The summed E-state index contributed by atoms with van der Waals surface area (Å²) in [6.45, 7) is 7.72. The average molecular weight is 307 g/mol. The number of hydrogen-bond acceptors (Lipinski definition) is 3. The maximum Gasteiger partial charge on any atom is 0.312 e. The second kappa shape index (κ2) is 6.34. The molecule has 120 valence electrons. The average Bonchev–Trinajstić information content (AvgIpc) is 2.46. The van der Waals surface area contributed by atoms with E-state index in [0.29, 0.717) is 26.2 Å². The molecule has 2 rings (SSSR count). The predicted molar refractivity (Wildman–Crippen MR) is 83.1 cm³/mol. The number of amides is 2. The number of carbonyl (C=O) groups is 2. The molecule has 1 aromatic rings. The molecule has 1 N–H and O–H groups in total. The van der Waals surface area contributed by atoms with Crippen LogP contribution in [0.5, 0.6) is 0 Å². The van der Waals surface area contributed by atoms with Gasteiger partial charge in [0.15, 0.2) is 0 Å². The van der Waals surface area contributed by atoms with Crippen molar-refractivity contribution in [1.82, 2.24) is 10.2 Å². The van der Waals surface area contributed by atoms with Gasteiger partial charge in [-0.05, 0) is 45.0 Å². The molecule has 0 unspecified atom stereocenters. The van der Waals surface area contributed by atoms with Crippen molar-refractivity contribution < 1.29 is 14.0 Å². The van der Waals surface area contributed by atoms with E-state index < -0.39 is 17.4 Å². The number of halogens is 1. The van der Waals surface area contributed by atoms with Gasteiger partial charge in [-0.2, -0.15) is 0 Å². The minimum atomic E-state index is -0.567. The highest BCUT2D eigenvalue weighted by molar-refractivity contribution is 6.35. The van der Waals surface area contributed by atoms with E-state index in [1.54, 1.807) is 17.0 Å². The molecule has 6 heteroatoms. The first-order valence-electron chi connectivity index (χ1n) is 7.38. The Morgan fingerprint density at radius 1 is 1.05 bits per heavy atom. The maximum absolute atomic E-state index is 12.9. The van der Waals surface area contributed by atoms with Gasteiger partial charge >= 0.3 is 11.8 Å². The van der Waals surface area contributed by atoms with Gasteiger partial charge in [0.2, 0.25) is 0 Å². The predicted octanol–water partition coefficient (Wildman–Crippen LogP) is 1.39. The van der Waals surface area contributed by atoms with Crippen molar-refractivity contribution in [3.63, 3.8) is 0 Å². The molecular formula is C16H22FN3O2. The van der Waals surface area contributed by atoms with E-state index >= 15 is 0 Å². The molecule has 1 aliphatic rings. The first kappa shape index (κ1) is 16.3. The number of piperazine rings is 1. The number of rotatable bonds is 1. The molecule has 0 atom stereocenters. The summed E-state index contributed by atoms with van der Waals surface area (Å²) in [4.78, 5) is 27.6. The van der Waals surface area contributed by atoms with Crippen LogP contribution < -0.4 is 10.2 Å². The van der Waals surface area contributed by atoms with Crippen molar-refractivity contribution in [3.8, 4) is 0 Å². The largest absolute Gasteiger partial charge is 0.368 e. The number of carbonyl (C=O) groups excluding carboxylic acids is 2. The number of anilines is 1. The van der Waals surface area contributed by atoms with Crippen LogP contribution in [0.15, 0.2) is 24.3 Å². The van der Waals surface area contributed by atoms with Crippen molar-refractivity contribution in [3.05, 3.63) is 30.1 Å². The Hall–Kier alpha value is -2.11. The fourth-order valence-electron chi connectivity index (χ4n) is 2.36. The lowest BCUT2D eigenvalue weighted by molar-refractivity contribution is -0.146. The summed E-state index contributed by atoms with van der Waals surface area (Å²) in [5.41, 5.74) is 0.496. The summed E-state index contributed by atoms with van der Waals surface area (Å²) < 4.78 is 12.9. The number of nitrogens with zero attached hydrogens (tertiary/aromatic N) is 2. The highest BCUT2D eigenvalue weighted by atomic mass is 19.1. The van der Waals surface area contributed by atoms with Gasteiger partial charge < -0.3 is 15.1 Å². The van der Waals surface area contributed by atoms with Crippen LogP contribution in [0.1, 0.15) is 20.8 Å². The molecule has 0 aliphatic carbocycles. The van der Waals surface area contributed by atoms with Crippen LogP contribution in [-0.4, -0.2) is 48.4 Å². The van der Waals surface area contributed by atoms with Gasteiger partial charge in [0, 0.05) is 37.4 Å². The molecule has 5 nitrogen and oxygen atoms in total. The standard InChI is InChI=1S/C16H22FN3O2/c1-16(2,3)18-14(21)15(22)20-10-8-19(9-11-20)13-6-4-12(17)5-7-13/h4-7H,8-11H2,1-3H3,(H,18,21). The lowest BCUT2D eigenvalue weighted by Gasteiger charge is -2.36. The Morgan fingerprint density at radius 3 is 2.09 bits per heavy atom. The third-order valence-corrected chi connectivity index (χ3v) is 3.44. The van der Waals surface area contributed by atoms with E-state index in [0.717, 1.165) is 5.69 Å². The summed E-state index contributed by atoms with van der Waals surface area (Å²) in [5, 5.41) is 2.68. The maximum atomic E-state index is 12.9. The summed E-state index contributed by atoms with van der Waals surface area (Å²) in [6.07, 6.45) is 0. The van der Waals surface area contributed by atoms with E-state index in [1.165, 1.54) is 12.1 Å². The second-order valence-electron chi connectivity index (χ2n) is 6.46. The Labute approximate surface area is 130 Å². The summed E-state index contributed by atoms with van der Waals surface area (Å²) in [6, 6.07) is 6.28. The van der Waals surface area contributed by atoms with Crippen molar-refractivity contribution in [2.45, 2.75) is 26.3 Å². The monoisotopic (exact) mass is 307 g/mol. The summed E-state index contributed by atoms with van der Waals surface area (Å²) >= 11 is 0. The second-order valence-corrected chi connectivity index (χ2v) is 6.46. The number of nitrogens with one attached hydrogen (secondary N) is 1. The quantitative estimate of drug-likeness (QED) is 0.798. The van der Waals surface area contributed by atoms with E-state index in [4.69, 9.17) is 0 Å². The minimum absolute atomic E-state index is 0.267. The van der Waals surface area contributed by atoms with Crippen LogP contribution in [0.3, 0.4) is 0 Å². The Kier molecular flexibility index (Phi) is 4.68. The Bertz CT molecular complexity index is 544. The third-order valence-electron chi connectivity index (χ3n) is 3.44. The molecule has 0 aromatic heterocycles. The van der Waals surface area contributed by atoms with Crippen LogP contribution in [0, 0.1) is 5.82 Å². The zero-order valence-electron chi connectivity index (χ0n) is 13.2. The lowest BCUT2D eigenvalue weighted by Crippen LogP contribution is -2.55. The van der Waals surface area contributed by atoms with Gasteiger partial charge in [-0.15, -0.1) is 0 Å². The highest BCUT2D eigenvalue weighted by Gasteiger charge is 2.28. The van der Waals surface area contributed by atoms with Crippen LogP contribution in [0.2, 0.25) is 0 Å². The lowest BCUT2D eigenvalue weighted by atomic mass is 10.1. The summed E-state index contributed by atoms with van der Waals surface area (Å²) in [5.74, 6) is -1.33. The molecule has 22 heavy (non-hydrogen) atoms. The third kappa shape index (κ3) is 4.19. The summed E-state index contributed by atoms with van der Waals surface area (Å²) in [7, 11) is 0. The molecule has 0 radical (unpaired) electrons. The topological polar surface area (TPSA) is 52.7 Å². The van der Waals surface area contributed by atoms with Crippen molar-refractivity contribution in [2.24, 2.45) is 0 Å². The van der Waals surface area contributed by atoms with E-state index in [-0.39, 0.29) is 5.82 Å². The van der Waals surface area contributed by atoms with Crippen molar-refractivity contribution in [1.29, 1.82) is 0 Å². The molecule has 1 aromatic carbocycles. The van der Waals surface area contributed by atoms with Gasteiger partial charge in [0.1, 0.15) is 5.82 Å². The van der Waals surface area contributed by atoms with Gasteiger partial charge in [-0.1, -0.05) is 0 Å². The van der Waals surface area contributed by atoms with Crippen LogP contribution in [0.25, 0.3) is 0 Å². The smallest absolute Gasteiger partial charge is 0.312 e. The van der Waals surface area contributed by atoms with Crippen LogP contribution in [0.4, 0.5) is 10.1 Å². The minimum Gasteiger partial charge on any atom is -0.368 e. The van der Waals surface area contributed by atoms with E-state index in [2.05, 4.69) is 10.2 Å².